The summed E-state index contributed by atoms with van der Waals surface area (Å²) in [6.07, 6.45) is 1.75. The molecule has 1 fully saturated rings. The first-order valence-electron chi connectivity index (χ1n) is 9.46. The number of rotatable bonds is 8. The van der Waals surface area contributed by atoms with Gasteiger partial charge >= 0.3 is 5.97 Å². The molecule has 2 aromatic carbocycles. The molecular weight excluding hydrogens is 565 g/mol. The molecule has 1 saturated heterocycles. The van der Waals surface area contributed by atoms with Crippen molar-refractivity contribution in [2.45, 2.75) is 6.92 Å². The summed E-state index contributed by atoms with van der Waals surface area (Å²) in [5.41, 5.74) is 1.33. The van der Waals surface area contributed by atoms with Crippen LogP contribution in [0, 0.1) is 3.57 Å². The van der Waals surface area contributed by atoms with E-state index in [1.807, 2.05) is 25.1 Å². The van der Waals surface area contributed by atoms with Crippen LogP contribution in [-0.2, 0) is 14.3 Å². The van der Waals surface area contributed by atoms with Crippen molar-refractivity contribution >= 4 is 74.5 Å². The summed E-state index contributed by atoms with van der Waals surface area (Å²) in [7, 11) is 2.85. The summed E-state index contributed by atoms with van der Waals surface area (Å²) in [5, 5.41) is 0. The van der Waals surface area contributed by atoms with Crippen LogP contribution >= 0.6 is 46.6 Å². The zero-order chi connectivity index (χ0) is 23.3. The predicted octanol–water partition coefficient (Wildman–Crippen LogP) is 4.66. The SMILES string of the molecule is CCOc1cc(C=C2SC(=S)N(c3ccccc3OC)C2=O)cc(I)c1OCC(=O)OC. The van der Waals surface area contributed by atoms with E-state index in [1.165, 1.54) is 23.8 Å². The molecule has 168 valence electrons. The standard InChI is InChI=1S/C22H20INO6S2/c1-4-29-17-10-13(9-14(23)20(17)30-12-19(25)28-3)11-18-21(26)24(22(31)32-18)15-7-5-6-8-16(15)27-2/h5-11H,4,12H2,1-3H3. The van der Waals surface area contributed by atoms with Crippen molar-refractivity contribution in [3.8, 4) is 17.2 Å². The Morgan fingerprint density at radius 2 is 1.94 bits per heavy atom. The van der Waals surface area contributed by atoms with Crippen molar-refractivity contribution in [3.63, 3.8) is 0 Å². The van der Waals surface area contributed by atoms with Gasteiger partial charge in [-0.25, -0.2) is 4.79 Å². The summed E-state index contributed by atoms with van der Waals surface area (Å²) in [4.78, 5) is 26.5. The van der Waals surface area contributed by atoms with Gasteiger partial charge in [0, 0.05) is 0 Å². The van der Waals surface area contributed by atoms with Gasteiger partial charge < -0.3 is 18.9 Å². The van der Waals surface area contributed by atoms with E-state index in [0.717, 1.165) is 9.13 Å². The van der Waals surface area contributed by atoms with Crippen molar-refractivity contribution in [2.24, 2.45) is 0 Å². The number of methoxy groups -OCH3 is 2. The number of benzene rings is 2. The molecule has 0 spiro atoms. The fourth-order valence-electron chi connectivity index (χ4n) is 2.91. The minimum Gasteiger partial charge on any atom is -0.495 e. The number of thiocarbonyl (C=S) groups is 1. The Morgan fingerprint density at radius 3 is 2.62 bits per heavy atom. The first kappa shape index (κ1) is 24.3. The lowest BCUT2D eigenvalue weighted by Gasteiger charge is -2.17. The molecule has 10 heteroatoms. The van der Waals surface area contributed by atoms with Crippen LogP contribution in [0.25, 0.3) is 6.08 Å². The van der Waals surface area contributed by atoms with Crippen LogP contribution in [0.15, 0.2) is 41.3 Å². The van der Waals surface area contributed by atoms with Crippen LogP contribution in [0.4, 0.5) is 5.69 Å². The maximum atomic E-state index is 13.1. The van der Waals surface area contributed by atoms with E-state index in [-0.39, 0.29) is 12.5 Å². The molecule has 0 aliphatic carbocycles. The molecule has 1 aliphatic heterocycles. The molecule has 0 unspecified atom stereocenters. The molecule has 1 amide bonds. The van der Waals surface area contributed by atoms with Crippen LogP contribution in [0.1, 0.15) is 12.5 Å². The number of nitrogens with zero attached hydrogens (tertiary/aromatic N) is 1. The van der Waals surface area contributed by atoms with Crippen molar-refractivity contribution in [1.29, 1.82) is 0 Å². The molecule has 1 heterocycles. The summed E-state index contributed by atoms with van der Waals surface area (Å²) >= 11 is 8.78. The third kappa shape index (κ3) is 5.36. The number of carbonyl (C=O) groups excluding carboxylic acids is 2. The monoisotopic (exact) mass is 585 g/mol. The van der Waals surface area contributed by atoms with Crippen LogP contribution in [-0.4, -0.2) is 43.6 Å². The van der Waals surface area contributed by atoms with E-state index in [4.69, 9.17) is 26.4 Å². The van der Waals surface area contributed by atoms with Crippen LogP contribution < -0.4 is 19.1 Å². The number of halogens is 1. The minimum absolute atomic E-state index is 0.233. The van der Waals surface area contributed by atoms with Gasteiger partial charge in [0.05, 0.1) is 35.0 Å². The summed E-state index contributed by atoms with van der Waals surface area (Å²) in [6, 6.07) is 10.8. The Bertz CT molecular complexity index is 1090. The summed E-state index contributed by atoms with van der Waals surface area (Å²) < 4.78 is 22.4. The molecule has 7 nitrogen and oxygen atoms in total. The van der Waals surface area contributed by atoms with Gasteiger partial charge in [-0.2, -0.15) is 0 Å². The molecule has 0 bridgehead atoms. The van der Waals surface area contributed by atoms with Gasteiger partial charge in [-0.05, 0) is 65.4 Å². The number of hydrogen-bond acceptors (Lipinski definition) is 8. The van der Waals surface area contributed by atoms with Gasteiger partial charge in [-0.3, -0.25) is 9.69 Å². The number of amides is 1. The fraction of sp³-hybridized carbons (Fsp3) is 0.227. The van der Waals surface area contributed by atoms with Crippen LogP contribution in [0.2, 0.25) is 0 Å². The topological polar surface area (TPSA) is 74.3 Å². The maximum absolute atomic E-state index is 13.1. The van der Waals surface area contributed by atoms with E-state index in [1.54, 1.807) is 31.4 Å². The van der Waals surface area contributed by atoms with Gasteiger partial charge in [0.2, 0.25) is 0 Å². The highest BCUT2D eigenvalue weighted by atomic mass is 127. The summed E-state index contributed by atoms with van der Waals surface area (Å²) in [5.74, 6) is 0.743. The van der Waals surface area contributed by atoms with E-state index in [9.17, 15) is 9.59 Å². The highest BCUT2D eigenvalue weighted by Gasteiger charge is 2.35. The molecule has 0 atom stereocenters. The van der Waals surface area contributed by atoms with Crippen molar-refractivity contribution in [1.82, 2.24) is 0 Å². The summed E-state index contributed by atoms with van der Waals surface area (Å²) in [6.45, 7) is 2.02. The molecule has 0 N–H and O–H groups in total. The number of carbonyl (C=O) groups is 2. The Morgan fingerprint density at radius 1 is 1.19 bits per heavy atom. The van der Waals surface area contributed by atoms with Gasteiger partial charge in [-0.15, -0.1) is 0 Å². The molecule has 1 aliphatic rings. The van der Waals surface area contributed by atoms with Crippen LogP contribution in [0.3, 0.4) is 0 Å². The lowest BCUT2D eigenvalue weighted by atomic mass is 10.1. The normalized spacial score (nSPS) is 14.6. The van der Waals surface area contributed by atoms with Gasteiger partial charge in [0.1, 0.15) is 5.75 Å². The lowest BCUT2D eigenvalue weighted by Crippen LogP contribution is -2.27. The molecular formula is C22H20INO6S2. The Balaban J connectivity index is 1.93. The van der Waals surface area contributed by atoms with Gasteiger partial charge in [0.15, 0.2) is 22.4 Å². The second-order valence-corrected chi connectivity index (χ2v) is 9.15. The first-order chi connectivity index (χ1) is 15.4. The molecule has 32 heavy (non-hydrogen) atoms. The molecule has 0 saturated carbocycles. The number of anilines is 1. The number of ether oxygens (including phenoxy) is 4. The van der Waals surface area contributed by atoms with E-state index < -0.39 is 5.97 Å². The zero-order valence-electron chi connectivity index (χ0n) is 17.5. The Labute approximate surface area is 209 Å². The first-order valence-corrected chi connectivity index (χ1v) is 11.8. The fourth-order valence-corrected chi connectivity index (χ4v) is 4.97. The van der Waals surface area contributed by atoms with Crippen molar-refractivity contribution < 1.29 is 28.5 Å². The highest BCUT2D eigenvalue weighted by molar-refractivity contribution is 14.1. The average molecular weight is 585 g/mol. The smallest absolute Gasteiger partial charge is 0.343 e. The second-order valence-electron chi connectivity index (χ2n) is 6.32. The molecule has 0 radical (unpaired) electrons. The van der Waals surface area contributed by atoms with Gasteiger partial charge in [0.25, 0.3) is 5.91 Å². The number of thioether (sulfide) groups is 1. The van der Waals surface area contributed by atoms with E-state index >= 15 is 0 Å². The third-order valence-corrected chi connectivity index (χ3v) is 6.41. The molecule has 0 aromatic heterocycles. The van der Waals surface area contributed by atoms with Crippen LogP contribution in [0.5, 0.6) is 17.2 Å². The third-order valence-electron chi connectivity index (χ3n) is 4.31. The number of para-hydroxylation sites is 2. The minimum atomic E-state index is -0.493. The molecule has 3 rings (SSSR count). The predicted molar refractivity (Wildman–Crippen MR) is 136 cm³/mol. The Kier molecular flexibility index (Phi) is 8.38. The highest BCUT2D eigenvalue weighted by Crippen LogP contribution is 2.41. The maximum Gasteiger partial charge on any atom is 0.343 e. The van der Waals surface area contributed by atoms with Gasteiger partial charge in [-0.1, -0.05) is 36.1 Å². The molecule has 2 aromatic rings. The zero-order valence-corrected chi connectivity index (χ0v) is 21.3. The lowest BCUT2D eigenvalue weighted by molar-refractivity contribution is -0.142. The number of esters is 1. The van der Waals surface area contributed by atoms with Crippen molar-refractivity contribution in [3.05, 3.63) is 50.4 Å². The van der Waals surface area contributed by atoms with E-state index in [2.05, 4.69) is 27.3 Å². The Hall–Kier alpha value is -2.31. The average Bonchev–Trinajstić information content (AvgIpc) is 3.05. The number of hydrogen-bond donors (Lipinski definition) is 0. The largest absolute Gasteiger partial charge is 0.495 e. The van der Waals surface area contributed by atoms with Crippen molar-refractivity contribution in [2.75, 3.05) is 32.3 Å². The van der Waals surface area contributed by atoms with E-state index in [0.29, 0.717) is 38.8 Å². The quantitative estimate of drug-likeness (QED) is 0.192. The second kappa shape index (κ2) is 11.0.